The number of rotatable bonds is 6. The van der Waals surface area contributed by atoms with Crippen LogP contribution in [0.25, 0.3) is 0 Å². The van der Waals surface area contributed by atoms with Crippen LogP contribution in [0.5, 0.6) is 0 Å². The number of thioether (sulfide) groups is 1. The summed E-state index contributed by atoms with van der Waals surface area (Å²) in [5.74, 6) is 0.686. The lowest BCUT2D eigenvalue weighted by Crippen LogP contribution is -2.17. The van der Waals surface area contributed by atoms with E-state index in [0.717, 1.165) is 16.1 Å². The Hall–Kier alpha value is -0.880. The molecule has 18 heavy (non-hydrogen) atoms. The average molecular weight is 279 g/mol. The summed E-state index contributed by atoms with van der Waals surface area (Å²) >= 11 is 1.53. The highest BCUT2D eigenvalue weighted by Crippen LogP contribution is 2.27. The van der Waals surface area contributed by atoms with Gasteiger partial charge in [-0.05, 0) is 25.0 Å². The number of para-hydroxylation sites is 1. The molecule has 1 aromatic carbocycles. The van der Waals surface area contributed by atoms with Gasteiger partial charge in [-0.1, -0.05) is 12.1 Å². The molecule has 0 radical (unpaired) electrons. The number of ether oxygens (including phenoxy) is 1. The summed E-state index contributed by atoms with van der Waals surface area (Å²) in [7, 11) is 0. The SMILES string of the molecule is Cc1cccc(SCCCOCC(F)(F)F)c1N. The summed E-state index contributed by atoms with van der Waals surface area (Å²) in [6, 6.07) is 5.74. The second kappa shape index (κ2) is 6.89. The van der Waals surface area contributed by atoms with Crippen molar-refractivity contribution in [2.24, 2.45) is 0 Å². The first-order valence-electron chi connectivity index (χ1n) is 5.52. The molecule has 2 nitrogen and oxygen atoms in total. The predicted octanol–water partition coefficient (Wildman–Crippen LogP) is 3.64. The molecule has 6 heteroatoms. The van der Waals surface area contributed by atoms with Crippen molar-refractivity contribution in [3.63, 3.8) is 0 Å². The van der Waals surface area contributed by atoms with Gasteiger partial charge in [-0.3, -0.25) is 0 Å². The van der Waals surface area contributed by atoms with Gasteiger partial charge in [0.15, 0.2) is 0 Å². The highest BCUT2D eigenvalue weighted by atomic mass is 32.2. The molecule has 0 heterocycles. The maximum atomic E-state index is 11.8. The number of aryl methyl sites for hydroxylation is 1. The van der Waals surface area contributed by atoms with Gasteiger partial charge in [0, 0.05) is 22.9 Å². The van der Waals surface area contributed by atoms with Crippen LogP contribution in [0.4, 0.5) is 18.9 Å². The van der Waals surface area contributed by atoms with Crippen molar-refractivity contribution in [3.8, 4) is 0 Å². The van der Waals surface area contributed by atoms with Gasteiger partial charge < -0.3 is 10.5 Å². The van der Waals surface area contributed by atoms with Crippen molar-refractivity contribution < 1.29 is 17.9 Å². The van der Waals surface area contributed by atoms with Crippen LogP contribution in [0.2, 0.25) is 0 Å². The van der Waals surface area contributed by atoms with Crippen LogP contribution in [0.15, 0.2) is 23.1 Å². The van der Waals surface area contributed by atoms with Gasteiger partial charge in [0.25, 0.3) is 0 Å². The van der Waals surface area contributed by atoms with E-state index in [0.29, 0.717) is 12.2 Å². The van der Waals surface area contributed by atoms with Crippen molar-refractivity contribution in [2.45, 2.75) is 24.4 Å². The summed E-state index contributed by atoms with van der Waals surface area (Å²) in [4.78, 5) is 0.964. The Balaban J connectivity index is 2.20. The van der Waals surface area contributed by atoms with Crippen LogP contribution >= 0.6 is 11.8 Å². The fourth-order valence-corrected chi connectivity index (χ4v) is 2.28. The summed E-state index contributed by atoms with van der Waals surface area (Å²) in [6.45, 7) is 0.855. The lowest BCUT2D eigenvalue weighted by molar-refractivity contribution is -0.173. The zero-order chi connectivity index (χ0) is 13.6. The van der Waals surface area contributed by atoms with E-state index < -0.39 is 12.8 Å². The Bertz CT molecular complexity index is 382. The second-order valence-electron chi connectivity index (χ2n) is 3.86. The van der Waals surface area contributed by atoms with E-state index in [-0.39, 0.29) is 6.61 Å². The van der Waals surface area contributed by atoms with Crippen LogP contribution in [0.1, 0.15) is 12.0 Å². The monoisotopic (exact) mass is 279 g/mol. The number of hydrogen-bond donors (Lipinski definition) is 1. The normalized spacial score (nSPS) is 11.8. The zero-order valence-electron chi connectivity index (χ0n) is 10.1. The van der Waals surface area contributed by atoms with E-state index >= 15 is 0 Å². The van der Waals surface area contributed by atoms with Gasteiger partial charge in [-0.25, -0.2) is 0 Å². The molecule has 0 amide bonds. The Morgan fingerprint density at radius 1 is 1.33 bits per heavy atom. The van der Waals surface area contributed by atoms with Gasteiger partial charge >= 0.3 is 6.18 Å². The molecular formula is C12H16F3NOS. The van der Waals surface area contributed by atoms with Crippen molar-refractivity contribution in [2.75, 3.05) is 24.7 Å². The van der Waals surface area contributed by atoms with Crippen molar-refractivity contribution in [1.29, 1.82) is 0 Å². The first-order valence-corrected chi connectivity index (χ1v) is 6.51. The minimum atomic E-state index is -4.24. The number of alkyl halides is 3. The zero-order valence-corrected chi connectivity index (χ0v) is 10.9. The number of halogens is 3. The third-order valence-corrected chi connectivity index (χ3v) is 3.40. The Kier molecular flexibility index (Phi) is 5.81. The van der Waals surface area contributed by atoms with Gasteiger partial charge in [0.2, 0.25) is 0 Å². The molecular weight excluding hydrogens is 263 g/mol. The lowest BCUT2D eigenvalue weighted by Gasteiger charge is -2.09. The molecule has 0 bridgehead atoms. The molecule has 1 aromatic rings. The van der Waals surface area contributed by atoms with Crippen LogP contribution in [-0.4, -0.2) is 25.1 Å². The molecule has 0 saturated heterocycles. The van der Waals surface area contributed by atoms with Crippen LogP contribution in [-0.2, 0) is 4.74 Å². The first kappa shape index (κ1) is 15.2. The fourth-order valence-electron chi connectivity index (χ4n) is 1.31. The van der Waals surface area contributed by atoms with Gasteiger partial charge in [0.1, 0.15) is 6.61 Å². The second-order valence-corrected chi connectivity index (χ2v) is 4.99. The maximum absolute atomic E-state index is 11.8. The molecule has 0 fully saturated rings. The largest absolute Gasteiger partial charge is 0.411 e. The number of hydrogen-bond acceptors (Lipinski definition) is 3. The van der Waals surface area contributed by atoms with Crippen molar-refractivity contribution in [1.82, 2.24) is 0 Å². The minimum absolute atomic E-state index is 0.109. The molecule has 1 rings (SSSR count). The molecule has 0 aliphatic rings. The van der Waals surface area contributed by atoms with E-state index in [2.05, 4.69) is 4.74 Å². The lowest BCUT2D eigenvalue weighted by atomic mass is 10.2. The number of anilines is 1. The van der Waals surface area contributed by atoms with Crippen molar-refractivity contribution in [3.05, 3.63) is 23.8 Å². The van der Waals surface area contributed by atoms with E-state index in [1.807, 2.05) is 25.1 Å². The average Bonchev–Trinajstić information content (AvgIpc) is 2.27. The third kappa shape index (κ3) is 5.64. The highest BCUT2D eigenvalue weighted by Gasteiger charge is 2.27. The van der Waals surface area contributed by atoms with Gasteiger partial charge in [-0.2, -0.15) is 13.2 Å². The Morgan fingerprint density at radius 2 is 2.06 bits per heavy atom. The number of nitrogen functional groups attached to an aromatic ring is 1. The fraction of sp³-hybridized carbons (Fsp3) is 0.500. The van der Waals surface area contributed by atoms with Crippen LogP contribution < -0.4 is 5.73 Å². The first-order chi connectivity index (χ1) is 8.40. The van der Waals surface area contributed by atoms with E-state index in [4.69, 9.17) is 5.73 Å². The Morgan fingerprint density at radius 3 is 2.72 bits per heavy atom. The van der Waals surface area contributed by atoms with Crippen LogP contribution in [0, 0.1) is 6.92 Å². The topological polar surface area (TPSA) is 35.2 Å². The highest BCUT2D eigenvalue weighted by molar-refractivity contribution is 7.99. The molecule has 0 aliphatic carbocycles. The summed E-state index contributed by atoms with van der Waals surface area (Å²) in [5.41, 5.74) is 7.62. The Labute approximate surface area is 109 Å². The minimum Gasteiger partial charge on any atom is -0.398 e. The quantitative estimate of drug-likeness (QED) is 0.490. The molecule has 0 unspecified atom stereocenters. The molecule has 0 saturated carbocycles. The predicted molar refractivity (Wildman–Crippen MR) is 67.8 cm³/mol. The standard InChI is InChI=1S/C12H16F3NOS/c1-9-4-2-5-10(11(9)16)18-7-3-6-17-8-12(13,14)15/h2,4-5H,3,6-8,16H2,1H3. The maximum Gasteiger partial charge on any atom is 0.411 e. The van der Waals surface area contributed by atoms with Gasteiger partial charge in [-0.15, -0.1) is 11.8 Å². The number of nitrogens with two attached hydrogens (primary N) is 1. The third-order valence-electron chi connectivity index (χ3n) is 2.24. The molecule has 0 atom stereocenters. The molecule has 0 aliphatic heterocycles. The smallest absolute Gasteiger partial charge is 0.398 e. The molecule has 0 aromatic heterocycles. The van der Waals surface area contributed by atoms with Crippen molar-refractivity contribution >= 4 is 17.4 Å². The van der Waals surface area contributed by atoms with Gasteiger partial charge in [0.05, 0.1) is 0 Å². The van der Waals surface area contributed by atoms with E-state index in [1.165, 1.54) is 11.8 Å². The van der Waals surface area contributed by atoms with E-state index in [1.54, 1.807) is 0 Å². The molecule has 2 N–H and O–H groups in total. The summed E-state index contributed by atoms with van der Waals surface area (Å²) < 4.78 is 39.9. The molecule has 102 valence electrons. The number of benzene rings is 1. The summed E-state index contributed by atoms with van der Waals surface area (Å²) in [5, 5.41) is 0. The van der Waals surface area contributed by atoms with E-state index in [9.17, 15) is 13.2 Å². The molecule has 0 spiro atoms. The van der Waals surface area contributed by atoms with Crippen LogP contribution in [0.3, 0.4) is 0 Å². The summed E-state index contributed by atoms with van der Waals surface area (Å²) in [6.07, 6.45) is -3.68.